The Morgan fingerprint density at radius 2 is 1.62 bits per heavy atom. The Balaban J connectivity index is 1.37. The zero-order valence-corrected chi connectivity index (χ0v) is 31.3. The number of rotatable bonds is 14. The Morgan fingerprint density at radius 1 is 0.917 bits per heavy atom. The fourth-order valence-corrected chi connectivity index (χ4v) is 10.4. The number of ether oxygens (including phenoxy) is 2. The number of carbonyl (C=O) groups is 4. The van der Waals surface area contributed by atoms with Gasteiger partial charge in [0.15, 0.2) is 0 Å². The second-order valence-corrected chi connectivity index (χ2v) is 17.7. The summed E-state index contributed by atoms with van der Waals surface area (Å²) in [7, 11) is 0. The Hall–Kier alpha value is -2.38. The molecule has 4 aliphatic rings. The zero-order chi connectivity index (χ0) is 35.4. The number of carboxylic acids is 1. The Kier molecular flexibility index (Phi) is 12.5. The minimum absolute atomic E-state index is 0.0720. The highest BCUT2D eigenvalue weighted by Gasteiger charge is 2.59. The van der Waals surface area contributed by atoms with E-state index in [1.807, 2.05) is 0 Å². The van der Waals surface area contributed by atoms with Crippen molar-refractivity contribution in [3.05, 3.63) is 11.6 Å². The lowest BCUT2D eigenvalue weighted by Crippen LogP contribution is -2.51. The number of fused-ring (bicyclic) bond motifs is 5. The highest BCUT2D eigenvalue weighted by Crippen LogP contribution is 2.67. The number of hydrogen-bond donors (Lipinski definition) is 1. The number of carboxylic acid groups (broad SMARTS) is 1. The maximum absolute atomic E-state index is 13.2. The van der Waals surface area contributed by atoms with Gasteiger partial charge < -0.3 is 19.5 Å². The first-order valence-corrected chi connectivity index (χ1v) is 19.0. The molecule has 4 rings (SSSR count). The Bertz CT molecular complexity index is 1200. The van der Waals surface area contributed by atoms with Gasteiger partial charge in [0, 0.05) is 19.3 Å². The van der Waals surface area contributed by atoms with Gasteiger partial charge >= 0.3 is 17.9 Å². The summed E-state index contributed by atoms with van der Waals surface area (Å²) in [5.41, 5.74) is 1.28. The van der Waals surface area contributed by atoms with Gasteiger partial charge in [-0.3, -0.25) is 19.2 Å². The van der Waals surface area contributed by atoms with E-state index in [0.29, 0.717) is 11.3 Å². The van der Waals surface area contributed by atoms with E-state index in [9.17, 15) is 19.2 Å². The molecule has 272 valence electrons. The minimum Gasteiger partial charge on any atom is -0.481 e. The van der Waals surface area contributed by atoms with Gasteiger partial charge in [-0.2, -0.15) is 0 Å². The molecule has 48 heavy (non-hydrogen) atoms. The van der Waals surface area contributed by atoms with Gasteiger partial charge in [-0.15, -0.1) is 0 Å². The van der Waals surface area contributed by atoms with Crippen molar-refractivity contribution in [2.45, 2.75) is 157 Å². The second-order valence-electron chi connectivity index (χ2n) is 17.7. The largest absolute Gasteiger partial charge is 0.481 e. The van der Waals surface area contributed by atoms with Gasteiger partial charge in [0.2, 0.25) is 5.91 Å². The summed E-state index contributed by atoms with van der Waals surface area (Å²) in [6, 6.07) is 0. The monoisotopic (exact) mass is 671 g/mol. The van der Waals surface area contributed by atoms with Crippen LogP contribution in [-0.4, -0.2) is 58.6 Å². The molecule has 0 aromatic heterocycles. The topological polar surface area (TPSA) is 110 Å². The lowest BCUT2D eigenvalue weighted by molar-refractivity contribution is -0.162. The third-order valence-electron chi connectivity index (χ3n) is 12.8. The van der Waals surface area contributed by atoms with Crippen molar-refractivity contribution in [1.82, 2.24) is 4.90 Å². The van der Waals surface area contributed by atoms with Crippen molar-refractivity contribution in [1.29, 1.82) is 0 Å². The molecular formula is C40H65NO7. The van der Waals surface area contributed by atoms with Crippen LogP contribution in [0.4, 0.5) is 0 Å². The van der Waals surface area contributed by atoms with Crippen LogP contribution in [0.2, 0.25) is 0 Å². The van der Waals surface area contributed by atoms with E-state index in [-0.39, 0.29) is 43.9 Å². The lowest BCUT2D eigenvalue weighted by atomic mass is 9.47. The molecule has 0 aromatic rings. The van der Waals surface area contributed by atoms with E-state index < -0.39 is 29.4 Å². The van der Waals surface area contributed by atoms with E-state index in [2.05, 4.69) is 40.7 Å². The molecule has 1 amide bonds. The van der Waals surface area contributed by atoms with E-state index in [0.717, 1.165) is 60.2 Å². The molecule has 1 unspecified atom stereocenters. The summed E-state index contributed by atoms with van der Waals surface area (Å²) in [5.74, 6) is 2.01. The van der Waals surface area contributed by atoms with Crippen molar-refractivity contribution in [3.8, 4) is 0 Å². The summed E-state index contributed by atoms with van der Waals surface area (Å²) in [6.07, 6.45) is 15.2. The summed E-state index contributed by atoms with van der Waals surface area (Å²) in [4.78, 5) is 50.8. The smallest absolute Gasteiger partial charge is 0.326 e. The Labute approximate surface area is 290 Å². The third kappa shape index (κ3) is 9.24. The van der Waals surface area contributed by atoms with Crippen molar-refractivity contribution in [2.24, 2.45) is 46.3 Å². The number of aliphatic carboxylic acids is 1. The van der Waals surface area contributed by atoms with E-state index >= 15 is 0 Å². The molecule has 1 N–H and O–H groups in total. The number of amides is 1. The van der Waals surface area contributed by atoms with Crippen LogP contribution in [0.15, 0.2) is 11.6 Å². The molecule has 3 fully saturated rings. The first-order valence-electron chi connectivity index (χ1n) is 19.0. The van der Waals surface area contributed by atoms with Crippen molar-refractivity contribution >= 4 is 23.8 Å². The van der Waals surface area contributed by atoms with Gasteiger partial charge in [-0.25, -0.2) is 0 Å². The first-order chi connectivity index (χ1) is 22.4. The fraction of sp³-hybridized carbons (Fsp3) is 0.850. The highest BCUT2D eigenvalue weighted by molar-refractivity contribution is 5.86. The molecule has 4 aliphatic carbocycles. The van der Waals surface area contributed by atoms with Crippen LogP contribution in [0.25, 0.3) is 0 Å². The van der Waals surface area contributed by atoms with Crippen LogP contribution in [0.5, 0.6) is 0 Å². The van der Waals surface area contributed by atoms with Crippen LogP contribution in [0.1, 0.15) is 145 Å². The van der Waals surface area contributed by atoms with Gasteiger partial charge in [0.05, 0.1) is 0 Å². The number of hydrogen-bond acceptors (Lipinski definition) is 6. The van der Waals surface area contributed by atoms with Gasteiger partial charge in [0.1, 0.15) is 24.8 Å². The van der Waals surface area contributed by atoms with Gasteiger partial charge in [-0.05, 0) is 118 Å². The van der Waals surface area contributed by atoms with Crippen LogP contribution in [-0.2, 0) is 28.7 Å². The molecular weight excluding hydrogens is 606 g/mol. The maximum Gasteiger partial charge on any atom is 0.326 e. The molecule has 3 saturated carbocycles. The second kappa shape index (κ2) is 15.7. The number of carbonyl (C=O) groups excluding carboxylic acids is 3. The number of allylic oxidation sites excluding steroid dienone is 1. The highest BCUT2D eigenvalue weighted by atomic mass is 16.6. The van der Waals surface area contributed by atoms with Crippen molar-refractivity contribution < 1.29 is 33.8 Å². The first kappa shape index (κ1) is 38.4. The maximum atomic E-state index is 13.2. The normalized spacial score (nSPS) is 31.9. The summed E-state index contributed by atoms with van der Waals surface area (Å²) >= 11 is 0. The van der Waals surface area contributed by atoms with Crippen LogP contribution in [0, 0.1) is 46.3 Å². The quantitative estimate of drug-likeness (QED) is 0.146. The van der Waals surface area contributed by atoms with Crippen LogP contribution >= 0.6 is 0 Å². The van der Waals surface area contributed by atoms with E-state index in [1.165, 1.54) is 50.5 Å². The third-order valence-corrected chi connectivity index (χ3v) is 12.8. The molecule has 0 spiro atoms. The summed E-state index contributed by atoms with van der Waals surface area (Å²) < 4.78 is 11.4. The lowest BCUT2D eigenvalue weighted by Gasteiger charge is -2.58. The van der Waals surface area contributed by atoms with E-state index in [4.69, 9.17) is 14.6 Å². The average Bonchev–Trinajstić information content (AvgIpc) is 3.33. The molecule has 0 heterocycles. The van der Waals surface area contributed by atoms with E-state index in [1.54, 1.807) is 20.8 Å². The predicted molar refractivity (Wildman–Crippen MR) is 187 cm³/mol. The fourth-order valence-electron chi connectivity index (χ4n) is 10.4. The van der Waals surface area contributed by atoms with Gasteiger partial charge in [-0.1, -0.05) is 65.5 Å². The summed E-state index contributed by atoms with van der Waals surface area (Å²) in [5, 5.41) is 8.97. The van der Waals surface area contributed by atoms with Crippen LogP contribution < -0.4 is 0 Å². The predicted octanol–water partition coefficient (Wildman–Crippen LogP) is 8.36. The molecule has 0 bridgehead atoms. The molecule has 8 nitrogen and oxygen atoms in total. The molecule has 8 heteroatoms. The zero-order valence-electron chi connectivity index (χ0n) is 31.3. The Morgan fingerprint density at radius 3 is 2.29 bits per heavy atom. The van der Waals surface area contributed by atoms with Gasteiger partial charge in [0.25, 0.3) is 0 Å². The molecule has 0 saturated heterocycles. The summed E-state index contributed by atoms with van der Waals surface area (Å²) in [6.45, 7) is 16.8. The average molecular weight is 672 g/mol. The SMILES string of the molecule is CC(C)CCCC(C)[C@H]1CC[C@H]2[C@@H]3CC=C4C[C@@H](OC(=O)CN(CC(=O)OC(C)(C)C)C(=O)CCCC(=O)O)CC[C@]4(C)[C@H]3CC[C@]12C. The molecule has 0 radical (unpaired) electrons. The van der Waals surface area contributed by atoms with Crippen LogP contribution in [0.3, 0.4) is 0 Å². The number of nitrogens with zero attached hydrogens (tertiary/aromatic N) is 1. The number of esters is 2. The molecule has 0 aromatic carbocycles. The van der Waals surface area contributed by atoms with Crippen molar-refractivity contribution in [2.75, 3.05) is 13.1 Å². The molecule has 8 atom stereocenters. The minimum atomic E-state index is -0.995. The van der Waals surface area contributed by atoms with Crippen molar-refractivity contribution in [3.63, 3.8) is 0 Å². The standard InChI is InChI=1S/C40H65NO7/c1-26(2)11-9-12-27(3)31-17-18-32-30-16-15-28-23-29(19-21-39(28,7)33(30)20-22-40(31,32)8)47-36(45)24-41(25-37(46)48-38(4,5)6)34(42)13-10-14-35(43)44/h15,26-27,29-33H,9-14,16-25H2,1-8H3,(H,43,44)/t27?,29-,30-,31+,32-,33-,39-,40+/m0/s1. The molecule has 0 aliphatic heterocycles.